The first kappa shape index (κ1) is 25.5. The Labute approximate surface area is 211 Å². The number of rotatable bonds is 9. The van der Waals surface area contributed by atoms with Crippen LogP contribution >= 0.6 is 0 Å². The van der Waals surface area contributed by atoms with Crippen molar-refractivity contribution in [2.45, 2.75) is 22.6 Å². The predicted molar refractivity (Wildman–Crippen MR) is 140 cm³/mol. The summed E-state index contributed by atoms with van der Waals surface area (Å²) in [5.41, 5.74) is 2.23. The average Bonchev–Trinajstić information content (AvgIpc) is 2.88. The van der Waals surface area contributed by atoms with Crippen LogP contribution in [0.25, 0.3) is 22.3 Å². The highest BCUT2D eigenvalue weighted by atomic mass is 32.2. The number of hydrogen-bond donors (Lipinski definition) is 2. The van der Waals surface area contributed by atoms with Crippen molar-refractivity contribution >= 4 is 19.7 Å². The van der Waals surface area contributed by atoms with Gasteiger partial charge in [0.1, 0.15) is 11.5 Å². The molecular weight excluding hydrogens is 496 g/mol. The summed E-state index contributed by atoms with van der Waals surface area (Å²) >= 11 is 0. The number of phenolic OH excluding ortho intramolecular Hbond substituents is 2. The Morgan fingerprint density at radius 1 is 0.500 bits per heavy atom. The van der Waals surface area contributed by atoms with E-state index >= 15 is 0 Å². The fourth-order valence-corrected chi connectivity index (χ4v) is 6.72. The minimum Gasteiger partial charge on any atom is -0.507 e. The van der Waals surface area contributed by atoms with Gasteiger partial charge < -0.3 is 10.2 Å². The van der Waals surface area contributed by atoms with Gasteiger partial charge in [0.2, 0.25) is 0 Å². The summed E-state index contributed by atoms with van der Waals surface area (Å²) < 4.78 is 51.6. The molecule has 186 valence electrons. The molecule has 0 saturated heterocycles. The monoisotopic (exact) mass is 522 g/mol. The summed E-state index contributed by atoms with van der Waals surface area (Å²) in [5.74, 6) is -0.469. The van der Waals surface area contributed by atoms with E-state index in [0.717, 1.165) is 0 Å². The maximum atomic E-state index is 12.9. The molecular formula is C28H26O6S2. The molecule has 0 aliphatic heterocycles. The standard InChI is InChI=1S/C28H26O6S2/c29-27-15-13-23(19-25(27)21-9-3-1-4-10-21)35(31,32)17-7-8-18-36(33,34)24-14-16-28(30)26(20-24)22-11-5-2-6-12-22/h1-6,9-16,19-20,29-30H,7-8,17-18H2. The zero-order valence-corrected chi connectivity index (χ0v) is 21.0. The Kier molecular flexibility index (Phi) is 7.47. The molecule has 6 nitrogen and oxygen atoms in total. The second-order valence-corrected chi connectivity index (χ2v) is 12.7. The van der Waals surface area contributed by atoms with Crippen molar-refractivity contribution in [3.8, 4) is 33.8 Å². The van der Waals surface area contributed by atoms with Crippen molar-refractivity contribution in [2.24, 2.45) is 0 Å². The lowest BCUT2D eigenvalue weighted by atomic mass is 10.1. The molecule has 4 aromatic carbocycles. The van der Waals surface area contributed by atoms with Crippen molar-refractivity contribution in [3.05, 3.63) is 97.1 Å². The van der Waals surface area contributed by atoms with Crippen LogP contribution in [0.15, 0.2) is 107 Å². The average molecular weight is 523 g/mol. The zero-order valence-electron chi connectivity index (χ0n) is 19.4. The third-order valence-electron chi connectivity index (χ3n) is 5.90. The maximum absolute atomic E-state index is 12.9. The van der Waals surface area contributed by atoms with Gasteiger partial charge in [-0.3, -0.25) is 0 Å². The van der Waals surface area contributed by atoms with Crippen LogP contribution in [-0.4, -0.2) is 38.6 Å². The molecule has 0 radical (unpaired) electrons. The molecule has 0 spiro atoms. The van der Waals surface area contributed by atoms with E-state index in [0.29, 0.717) is 22.3 Å². The third-order valence-corrected chi connectivity index (χ3v) is 9.50. The first-order valence-corrected chi connectivity index (χ1v) is 14.7. The van der Waals surface area contributed by atoms with Gasteiger partial charge in [-0.1, -0.05) is 60.7 Å². The SMILES string of the molecule is O=S(=O)(CCCCS(=O)(=O)c1ccc(O)c(-c2ccccc2)c1)c1ccc(O)c(-c2ccccc2)c1. The van der Waals surface area contributed by atoms with E-state index in [1.807, 2.05) is 12.1 Å². The first-order chi connectivity index (χ1) is 17.2. The molecule has 0 aliphatic carbocycles. The van der Waals surface area contributed by atoms with Gasteiger partial charge in [-0.2, -0.15) is 0 Å². The topological polar surface area (TPSA) is 109 Å². The van der Waals surface area contributed by atoms with Crippen LogP contribution in [0.2, 0.25) is 0 Å². The van der Waals surface area contributed by atoms with Gasteiger partial charge in [0.05, 0.1) is 21.3 Å². The molecule has 0 saturated carbocycles. The van der Waals surface area contributed by atoms with Crippen LogP contribution in [0.3, 0.4) is 0 Å². The number of unbranched alkanes of at least 4 members (excludes halogenated alkanes) is 1. The summed E-state index contributed by atoms with van der Waals surface area (Å²) in [5, 5.41) is 20.4. The Bertz CT molecular complexity index is 1440. The van der Waals surface area contributed by atoms with E-state index in [2.05, 4.69) is 0 Å². The molecule has 8 heteroatoms. The molecule has 36 heavy (non-hydrogen) atoms. The number of benzene rings is 4. The fraction of sp³-hybridized carbons (Fsp3) is 0.143. The van der Waals surface area contributed by atoms with Crippen molar-refractivity contribution in [1.29, 1.82) is 0 Å². The van der Waals surface area contributed by atoms with Crippen molar-refractivity contribution < 1.29 is 27.0 Å². The van der Waals surface area contributed by atoms with Crippen LogP contribution in [0.1, 0.15) is 12.8 Å². The molecule has 4 aromatic rings. The molecule has 0 fully saturated rings. The Balaban J connectivity index is 1.43. The quantitative estimate of drug-likeness (QED) is 0.283. The highest BCUT2D eigenvalue weighted by molar-refractivity contribution is 7.91. The van der Waals surface area contributed by atoms with Gasteiger partial charge in [0, 0.05) is 11.1 Å². The minimum atomic E-state index is -3.68. The molecule has 0 amide bonds. The Hall–Kier alpha value is -3.62. The lowest BCUT2D eigenvalue weighted by molar-refractivity contribution is 0.476. The van der Waals surface area contributed by atoms with Gasteiger partial charge in [0.25, 0.3) is 0 Å². The van der Waals surface area contributed by atoms with E-state index < -0.39 is 19.7 Å². The Morgan fingerprint density at radius 3 is 1.22 bits per heavy atom. The predicted octanol–water partition coefficient (Wildman–Crippen LogP) is 5.46. The summed E-state index contributed by atoms with van der Waals surface area (Å²) in [7, 11) is -7.35. The van der Waals surface area contributed by atoms with Crippen LogP contribution in [0, 0.1) is 0 Å². The molecule has 4 rings (SSSR count). The first-order valence-electron chi connectivity index (χ1n) is 11.4. The van der Waals surface area contributed by atoms with E-state index in [1.165, 1.54) is 36.4 Å². The van der Waals surface area contributed by atoms with Crippen LogP contribution in [0.5, 0.6) is 11.5 Å². The Morgan fingerprint density at radius 2 is 0.861 bits per heavy atom. The van der Waals surface area contributed by atoms with E-state index in [9.17, 15) is 27.0 Å². The van der Waals surface area contributed by atoms with E-state index in [1.54, 1.807) is 48.5 Å². The fourth-order valence-electron chi connectivity index (χ4n) is 3.93. The highest BCUT2D eigenvalue weighted by Crippen LogP contribution is 2.33. The van der Waals surface area contributed by atoms with Gasteiger partial charge in [-0.05, 0) is 60.4 Å². The van der Waals surface area contributed by atoms with Crippen molar-refractivity contribution in [3.63, 3.8) is 0 Å². The molecule has 0 bridgehead atoms. The number of phenols is 2. The number of aromatic hydroxyl groups is 2. The summed E-state index contributed by atoms with van der Waals surface area (Å²) in [6.45, 7) is 0. The molecule has 0 aliphatic rings. The highest BCUT2D eigenvalue weighted by Gasteiger charge is 2.20. The largest absolute Gasteiger partial charge is 0.507 e. The minimum absolute atomic E-state index is 0.0185. The smallest absolute Gasteiger partial charge is 0.178 e. The van der Waals surface area contributed by atoms with Gasteiger partial charge in [-0.25, -0.2) is 16.8 Å². The molecule has 2 N–H and O–H groups in total. The molecule has 0 unspecified atom stereocenters. The maximum Gasteiger partial charge on any atom is 0.178 e. The van der Waals surface area contributed by atoms with Gasteiger partial charge in [0.15, 0.2) is 19.7 Å². The number of sulfone groups is 2. The van der Waals surface area contributed by atoms with Crippen LogP contribution in [0.4, 0.5) is 0 Å². The molecule has 0 aromatic heterocycles. The second-order valence-electron chi connectivity index (χ2n) is 8.43. The lowest BCUT2D eigenvalue weighted by Gasteiger charge is -2.10. The second kappa shape index (κ2) is 10.6. The van der Waals surface area contributed by atoms with E-state index in [4.69, 9.17) is 0 Å². The molecule has 0 atom stereocenters. The van der Waals surface area contributed by atoms with Crippen LogP contribution < -0.4 is 0 Å². The summed E-state index contributed by atoms with van der Waals surface area (Å²) in [4.78, 5) is 0.154. The van der Waals surface area contributed by atoms with Crippen LogP contribution in [-0.2, 0) is 19.7 Å². The third kappa shape index (κ3) is 5.78. The van der Waals surface area contributed by atoms with Crippen molar-refractivity contribution in [2.75, 3.05) is 11.5 Å². The lowest BCUT2D eigenvalue weighted by Crippen LogP contribution is -2.11. The zero-order chi connectivity index (χ0) is 25.8. The number of hydrogen-bond acceptors (Lipinski definition) is 6. The van der Waals surface area contributed by atoms with Gasteiger partial charge in [-0.15, -0.1) is 0 Å². The molecule has 0 heterocycles. The normalized spacial score (nSPS) is 11.9. The van der Waals surface area contributed by atoms with E-state index in [-0.39, 0.29) is 45.6 Å². The van der Waals surface area contributed by atoms with Crippen molar-refractivity contribution in [1.82, 2.24) is 0 Å². The summed E-state index contributed by atoms with van der Waals surface area (Å²) in [6.07, 6.45) is 0.319. The van der Waals surface area contributed by atoms with Gasteiger partial charge >= 0.3 is 0 Å². The summed E-state index contributed by atoms with van der Waals surface area (Å²) in [6, 6.07) is 26.3.